The molecule has 0 unspecified atom stereocenters. The molecule has 2 aromatic carbocycles. The van der Waals surface area contributed by atoms with Gasteiger partial charge < -0.3 is 14.4 Å². The number of pyridine rings is 1. The Kier molecular flexibility index (Phi) is 6.56. The number of hydrogen-bond acceptors (Lipinski definition) is 7. The van der Waals surface area contributed by atoms with Crippen molar-refractivity contribution in [3.8, 4) is 35.5 Å². The van der Waals surface area contributed by atoms with Crippen LogP contribution in [0.3, 0.4) is 0 Å². The molecule has 0 saturated carbocycles. The summed E-state index contributed by atoms with van der Waals surface area (Å²) < 4.78 is 58.8. The van der Waals surface area contributed by atoms with Crippen molar-refractivity contribution in [1.82, 2.24) is 19.9 Å². The summed E-state index contributed by atoms with van der Waals surface area (Å²) in [5.74, 6) is 1.93. The molecule has 44 heavy (non-hydrogen) atoms. The lowest BCUT2D eigenvalue weighted by Crippen LogP contribution is -2.43. The Morgan fingerprint density at radius 3 is 2.84 bits per heavy atom. The van der Waals surface area contributed by atoms with E-state index in [1.54, 1.807) is 24.3 Å². The van der Waals surface area contributed by atoms with Crippen LogP contribution in [0.25, 0.3) is 32.9 Å². The molecule has 7 nitrogen and oxygen atoms in total. The van der Waals surface area contributed by atoms with Crippen LogP contribution in [0.2, 0.25) is 0 Å². The first-order chi connectivity index (χ1) is 21.5. The Labute approximate surface area is 253 Å². The molecule has 4 aromatic rings. The van der Waals surface area contributed by atoms with Gasteiger partial charge in [-0.25, -0.2) is 18.2 Å². The molecule has 4 aliphatic rings. The van der Waals surface area contributed by atoms with Gasteiger partial charge >= 0.3 is 6.01 Å². The number of fused-ring (bicyclic) bond motifs is 4. The van der Waals surface area contributed by atoms with Gasteiger partial charge in [0.05, 0.1) is 17.1 Å². The second-order valence-corrected chi connectivity index (χ2v) is 12.5. The molecule has 0 N–H and O–H groups in total. The van der Waals surface area contributed by atoms with E-state index in [1.165, 1.54) is 6.07 Å². The Morgan fingerprint density at radius 1 is 1.05 bits per heavy atom. The molecular formula is C34H32F3N5O2. The molecule has 4 aliphatic heterocycles. The zero-order chi connectivity index (χ0) is 30.0. The van der Waals surface area contributed by atoms with Crippen LogP contribution in [0.15, 0.2) is 30.3 Å². The molecule has 8 rings (SSSR count). The van der Waals surface area contributed by atoms with Crippen molar-refractivity contribution in [2.24, 2.45) is 0 Å². The number of anilines is 1. The topological polar surface area (TPSA) is 63.6 Å². The number of alkyl halides is 1. The lowest BCUT2D eigenvalue weighted by molar-refractivity contribution is 0.107. The summed E-state index contributed by atoms with van der Waals surface area (Å²) in [4.78, 5) is 18.5. The monoisotopic (exact) mass is 599 g/mol. The van der Waals surface area contributed by atoms with Gasteiger partial charge in [-0.1, -0.05) is 43.0 Å². The van der Waals surface area contributed by atoms with E-state index in [2.05, 4.69) is 20.7 Å². The smallest absolute Gasteiger partial charge is 0.319 e. The molecule has 0 aliphatic carbocycles. The van der Waals surface area contributed by atoms with Gasteiger partial charge in [-0.2, -0.15) is 9.97 Å². The molecule has 2 aromatic heterocycles. The van der Waals surface area contributed by atoms with Crippen molar-refractivity contribution in [2.75, 3.05) is 37.7 Å². The number of halogens is 3. The molecule has 3 saturated heterocycles. The third-order valence-corrected chi connectivity index (χ3v) is 9.90. The SMILES string of the molecule is C#Cc1c(F)ccc2cccc(-c3nc4c5c(nc(OC[C@@]67CCCN6C[C@H](F)C7)nc5c3F)N3CCCCC[C@@H]3CO4)c12. The van der Waals surface area contributed by atoms with Gasteiger partial charge in [-0.3, -0.25) is 4.90 Å². The van der Waals surface area contributed by atoms with Crippen LogP contribution in [0.1, 0.15) is 50.5 Å². The summed E-state index contributed by atoms with van der Waals surface area (Å²) in [6.45, 7) is 2.54. The van der Waals surface area contributed by atoms with Gasteiger partial charge in [0.2, 0.25) is 5.88 Å². The van der Waals surface area contributed by atoms with Crippen molar-refractivity contribution >= 4 is 27.5 Å². The second kappa shape index (κ2) is 10.5. The minimum Gasteiger partial charge on any atom is -0.475 e. The lowest BCUT2D eigenvalue weighted by atomic mass is 9.95. The lowest BCUT2D eigenvalue weighted by Gasteiger charge is -2.31. The van der Waals surface area contributed by atoms with Crippen LogP contribution in [0.4, 0.5) is 19.0 Å². The summed E-state index contributed by atoms with van der Waals surface area (Å²) >= 11 is 0. The number of terminal acetylenes is 1. The third kappa shape index (κ3) is 4.27. The van der Waals surface area contributed by atoms with E-state index in [-0.39, 0.29) is 41.3 Å². The highest BCUT2D eigenvalue weighted by Gasteiger charge is 2.49. The maximum Gasteiger partial charge on any atom is 0.319 e. The molecule has 6 heterocycles. The molecule has 10 heteroatoms. The highest BCUT2D eigenvalue weighted by Crippen LogP contribution is 2.44. The molecule has 226 valence electrons. The Morgan fingerprint density at radius 2 is 1.95 bits per heavy atom. The van der Waals surface area contributed by atoms with Gasteiger partial charge in [-0.15, -0.1) is 6.42 Å². The Bertz CT molecular complexity index is 1840. The molecule has 0 amide bonds. The van der Waals surface area contributed by atoms with Gasteiger partial charge in [0.25, 0.3) is 0 Å². The van der Waals surface area contributed by atoms with Crippen molar-refractivity contribution in [3.05, 3.63) is 47.5 Å². The fourth-order valence-electron chi connectivity index (χ4n) is 7.80. The zero-order valence-electron chi connectivity index (χ0n) is 24.3. The number of rotatable bonds is 4. The van der Waals surface area contributed by atoms with Crippen LogP contribution >= 0.6 is 0 Å². The van der Waals surface area contributed by atoms with Gasteiger partial charge in [-0.05, 0) is 43.7 Å². The van der Waals surface area contributed by atoms with E-state index in [0.29, 0.717) is 47.1 Å². The van der Waals surface area contributed by atoms with Crippen molar-refractivity contribution in [2.45, 2.75) is 62.7 Å². The minimum absolute atomic E-state index is 0.0149. The van der Waals surface area contributed by atoms with Crippen molar-refractivity contribution in [3.63, 3.8) is 0 Å². The molecule has 3 fully saturated rings. The predicted molar refractivity (Wildman–Crippen MR) is 162 cm³/mol. The predicted octanol–water partition coefficient (Wildman–Crippen LogP) is 6.20. The highest BCUT2D eigenvalue weighted by molar-refractivity contribution is 6.03. The highest BCUT2D eigenvalue weighted by atomic mass is 19.1. The number of nitrogens with zero attached hydrogens (tertiary/aromatic N) is 5. The quantitative estimate of drug-likeness (QED) is 0.259. The van der Waals surface area contributed by atoms with E-state index in [1.807, 2.05) is 0 Å². The molecule has 3 atom stereocenters. The van der Waals surface area contributed by atoms with Crippen LogP contribution in [-0.2, 0) is 0 Å². The number of benzene rings is 2. The van der Waals surface area contributed by atoms with Crippen LogP contribution in [0.5, 0.6) is 11.9 Å². The number of hydrogen-bond donors (Lipinski definition) is 0. The normalized spacial score (nSPS) is 24.8. The summed E-state index contributed by atoms with van der Waals surface area (Å²) in [6.07, 6.45) is 11.0. The first-order valence-corrected chi connectivity index (χ1v) is 15.5. The molecule has 0 spiro atoms. The first kappa shape index (κ1) is 27.4. The minimum atomic E-state index is -0.900. The van der Waals surface area contributed by atoms with Gasteiger partial charge in [0, 0.05) is 30.5 Å². The first-order valence-electron chi connectivity index (χ1n) is 15.5. The average molecular weight is 600 g/mol. The molecular weight excluding hydrogens is 567 g/mol. The fraction of sp³-hybridized carbons (Fsp3) is 0.441. The summed E-state index contributed by atoms with van der Waals surface area (Å²) in [5.41, 5.74) is -0.0528. The van der Waals surface area contributed by atoms with E-state index in [0.717, 1.165) is 51.6 Å². The summed E-state index contributed by atoms with van der Waals surface area (Å²) in [5, 5.41) is 1.44. The maximum absolute atomic E-state index is 16.9. The standard InChI is InChI=1S/C34H32F3N5O2/c1-2-23-25(36)12-11-20-8-6-10-24(26(20)23)29-28(37)30-27-31(42-15-5-3-4-9-22(42)18-43-32(27)38-29)40-33(39-30)44-19-34-13-7-14-41(34)17-21(35)16-34/h1,6,8,10-12,21-22H,3-5,7,9,13-19H2/t21-,22-,34+/m1/s1. The average Bonchev–Trinajstić information content (AvgIpc) is 3.38. The van der Waals surface area contributed by atoms with Gasteiger partial charge in [0.15, 0.2) is 5.82 Å². The van der Waals surface area contributed by atoms with Gasteiger partial charge in [0.1, 0.15) is 47.6 Å². The number of aromatic nitrogens is 3. The third-order valence-electron chi connectivity index (χ3n) is 9.90. The molecule has 0 radical (unpaired) electrons. The van der Waals surface area contributed by atoms with E-state index in [4.69, 9.17) is 25.9 Å². The van der Waals surface area contributed by atoms with E-state index in [9.17, 15) is 8.78 Å². The van der Waals surface area contributed by atoms with Crippen LogP contribution in [-0.4, -0.2) is 70.5 Å². The molecule has 0 bridgehead atoms. The zero-order valence-corrected chi connectivity index (χ0v) is 24.3. The fourth-order valence-corrected chi connectivity index (χ4v) is 7.80. The number of ether oxygens (including phenoxy) is 2. The van der Waals surface area contributed by atoms with Crippen molar-refractivity contribution < 1.29 is 22.6 Å². The van der Waals surface area contributed by atoms with Crippen LogP contribution in [0, 0.1) is 24.0 Å². The Balaban J connectivity index is 1.32. The largest absolute Gasteiger partial charge is 0.475 e. The van der Waals surface area contributed by atoms with Crippen molar-refractivity contribution in [1.29, 1.82) is 0 Å². The van der Waals surface area contributed by atoms with E-state index < -0.39 is 23.3 Å². The second-order valence-electron chi connectivity index (χ2n) is 12.5. The summed E-state index contributed by atoms with van der Waals surface area (Å²) in [6, 6.07) is 8.22. The summed E-state index contributed by atoms with van der Waals surface area (Å²) in [7, 11) is 0. The maximum atomic E-state index is 16.9. The van der Waals surface area contributed by atoms with E-state index >= 15 is 4.39 Å². The van der Waals surface area contributed by atoms with Crippen LogP contribution < -0.4 is 14.4 Å². The Hall–Kier alpha value is -4.10.